The summed E-state index contributed by atoms with van der Waals surface area (Å²) in [7, 11) is -3.46. The molecule has 2 aliphatic rings. The molecule has 0 aromatic heterocycles. The summed E-state index contributed by atoms with van der Waals surface area (Å²) in [6.07, 6.45) is 4.53. The summed E-state index contributed by atoms with van der Waals surface area (Å²) in [4.78, 5) is 13.2. The van der Waals surface area contributed by atoms with Crippen molar-refractivity contribution in [1.82, 2.24) is 4.31 Å². The Balaban J connectivity index is 1.48. The minimum absolute atomic E-state index is 0.0442. The normalized spacial score (nSPS) is 19.2. The molecule has 2 aromatic carbocycles. The molecule has 2 aromatic rings. The number of carbonyl (C=O) groups excluding carboxylic acids is 1. The lowest BCUT2D eigenvalue weighted by molar-refractivity contribution is -0.118. The van der Waals surface area contributed by atoms with Crippen LogP contribution >= 0.6 is 15.9 Å². The summed E-state index contributed by atoms with van der Waals surface area (Å²) >= 11 is 3.47. The Morgan fingerprint density at radius 2 is 1.68 bits per heavy atom. The van der Waals surface area contributed by atoms with Gasteiger partial charge in [-0.3, -0.25) is 4.79 Å². The Morgan fingerprint density at radius 3 is 2.29 bits per heavy atom. The number of rotatable bonds is 5. The molecule has 5 nitrogen and oxygen atoms in total. The molecule has 0 atom stereocenters. The third-order valence-corrected chi connectivity index (χ3v) is 8.03. The number of piperidine rings is 1. The van der Waals surface area contributed by atoms with E-state index in [1.807, 2.05) is 24.3 Å². The first-order valence-electron chi connectivity index (χ1n) is 9.60. The number of carbonyl (C=O) groups is 1. The van der Waals surface area contributed by atoms with Crippen LogP contribution in [-0.2, 0) is 20.2 Å². The van der Waals surface area contributed by atoms with Crippen LogP contribution in [-0.4, -0.2) is 31.7 Å². The highest BCUT2D eigenvalue weighted by atomic mass is 79.9. The van der Waals surface area contributed by atoms with Gasteiger partial charge in [0.25, 0.3) is 0 Å². The van der Waals surface area contributed by atoms with Crippen molar-refractivity contribution < 1.29 is 13.2 Å². The number of hydrogen-bond acceptors (Lipinski definition) is 3. The fourth-order valence-corrected chi connectivity index (χ4v) is 5.69. The van der Waals surface area contributed by atoms with E-state index in [4.69, 9.17) is 0 Å². The van der Waals surface area contributed by atoms with Gasteiger partial charge >= 0.3 is 0 Å². The first kappa shape index (κ1) is 19.6. The number of benzene rings is 2. The summed E-state index contributed by atoms with van der Waals surface area (Å²) in [5.74, 6) is -0.0442. The molecule has 28 heavy (non-hydrogen) atoms. The lowest BCUT2D eigenvalue weighted by Crippen LogP contribution is -2.35. The predicted octanol–water partition coefficient (Wildman–Crippen LogP) is 4.29. The van der Waals surface area contributed by atoms with Crippen LogP contribution in [0.1, 0.15) is 37.7 Å². The second kappa shape index (κ2) is 7.61. The highest BCUT2D eigenvalue weighted by Gasteiger charge is 2.51. The van der Waals surface area contributed by atoms with Gasteiger partial charge in [0.05, 0.1) is 10.3 Å². The number of nitrogens with zero attached hydrogens (tertiary/aromatic N) is 1. The summed E-state index contributed by atoms with van der Waals surface area (Å²) in [6.45, 7) is 1.16. The first-order valence-corrected chi connectivity index (χ1v) is 11.8. The van der Waals surface area contributed by atoms with Crippen LogP contribution in [0.2, 0.25) is 0 Å². The van der Waals surface area contributed by atoms with Crippen molar-refractivity contribution in [2.75, 3.05) is 18.4 Å². The van der Waals surface area contributed by atoms with Crippen molar-refractivity contribution in [3.05, 3.63) is 58.6 Å². The molecular formula is C21H23BrN2O3S. The van der Waals surface area contributed by atoms with Crippen molar-refractivity contribution in [2.24, 2.45) is 0 Å². The largest absolute Gasteiger partial charge is 0.325 e. The molecular weight excluding hydrogens is 440 g/mol. The zero-order valence-corrected chi connectivity index (χ0v) is 17.9. The fourth-order valence-electron chi connectivity index (χ4n) is 3.77. The number of nitrogens with one attached hydrogen (secondary N) is 1. The van der Waals surface area contributed by atoms with Gasteiger partial charge in [-0.25, -0.2) is 8.42 Å². The van der Waals surface area contributed by atoms with E-state index in [1.54, 1.807) is 28.6 Å². The Labute approximate surface area is 174 Å². The summed E-state index contributed by atoms with van der Waals surface area (Å²) in [5.41, 5.74) is 1.13. The molecule has 1 saturated carbocycles. The van der Waals surface area contributed by atoms with Gasteiger partial charge in [0.1, 0.15) is 0 Å². The Bertz CT molecular complexity index is 979. The molecule has 1 saturated heterocycles. The lowest BCUT2D eigenvalue weighted by atomic mass is 9.95. The Morgan fingerprint density at radius 1 is 1.00 bits per heavy atom. The van der Waals surface area contributed by atoms with Gasteiger partial charge < -0.3 is 5.32 Å². The van der Waals surface area contributed by atoms with Crippen LogP contribution in [0.3, 0.4) is 0 Å². The Kier molecular flexibility index (Phi) is 5.33. The van der Waals surface area contributed by atoms with E-state index >= 15 is 0 Å². The van der Waals surface area contributed by atoms with E-state index in [0.29, 0.717) is 18.8 Å². The SMILES string of the molecule is O=C(Nc1ccc(S(=O)(=O)N2CCCCC2)cc1)C1(c2cccc(Br)c2)CC1. The fraction of sp³-hybridized carbons (Fsp3) is 0.381. The maximum atomic E-state index is 12.9. The van der Waals surface area contributed by atoms with Crippen LogP contribution in [0.5, 0.6) is 0 Å². The molecule has 7 heteroatoms. The van der Waals surface area contributed by atoms with Crippen LogP contribution in [0, 0.1) is 0 Å². The predicted molar refractivity (Wildman–Crippen MR) is 113 cm³/mol. The van der Waals surface area contributed by atoms with Gasteiger partial charge in [0.15, 0.2) is 0 Å². The number of halogens is 1. The summed E-state index contributed by atoms with van der Waals surface area (Å²) in [6, 6.07) is 14.4. The lowest BCUT2D eigenvalue weighted by Gasteiger charge is -2.26. The van der Waals surface area contributed by atoms with Gasteiger partial charge in [-0.15, -0.1) is 0 Å². The second-order valence-corrected chi connectivity index (χ2v) is 10.4. The third kappa shape index (κ3) is 3.75. The maximum absolute atomic E-state index is 12.9. The number of amides is 1. The molecule has 1 N–H and O–H groups in total. The smallest absolute Gasteiger partial charge is 0.243 e. The highest BCUT2D eigenvalue weighted by Crippen LogP contribution is 2.49. The van der Waals surface area contributed by atoms with Crippen molar-refractivity contribution in [1.29, 1.82) is 0 Å². The Hall–Kier alpha value is -1.70. The van der Waals surface area contributed by atoms with Gasteiger partial charge in [-0.1, -0.05) is 34.5 Å². The first-order chi connectivity index (χ1) is 13.4. The zero-order valence-electron chi connectivity index (χ0n) is 15.5. The average molecular weight is 463 g/mol. The van der Waals surface area contributed by atoms with E-state index in [-0.39, 0.29) is 10.8 Å². The van der Waals surface area contributed by atoms with Crippen LogP contribution in [0.25, 0.3) is 0 Å². The molecule has 1 aliphatic carbocycles. The molecule has 1 aliphatic heterocycles. The van der Waals surface area contributed by atoms with Crippen molar-refractivity contribution >= 4 is 37.5 Å². The molecule has 4 rings (SSSR count). The molecule has 0 radical (unpaired) electrons. The maximum Gasteiger partial charge on any atom is 0.243 e. The third-order valence-electron chi connectivity index (χ3n) is 5.63. The molecule has 0 bridgehead atoms. The summed E-state index contributed by atoms with van der Waals surface area (Å²) in [5, 5.41) is 2.96. The highest BCUT2D eigenvalue weighted by molar-refractivity contribution is 9.10. The molecule has 1 amide bonds. The van der Waals surface area contributed by atoms with E-state index < -0.39 is 15.4 Å². The molecule has 0 spiro atoms. The van der Waals surface area contributed by atoms with Gasteiger partial charge in [-0.2, -0.15) is 4.31 Å². The van der Waals surface area contributed by atoms with Gasteiger partial charge in [0, 0.05) is 23.2 Å². The molecule has 2 fully saturated rings. The second-order valence-electron chi connectivity index (χ2n) is 7.54. The van der Waals surface area contributed by atoms with E-state index in [2.05, 4.69) is 21.2 Å². The quantitative estimate of drug-likeness (QED) is 0.720. The average Bonchev–Trinajstić information content (AvgIpc) is 3.51. The minimum Gasteiger partial charge on any atom is -0.325 e. The standard InChI is InChI=1S/C21H23BrN2O3S/c22-17-6-4-5-16(15-17)21(11-12-21)20(25)23-18-7-9-19(10-8-18)28(26,27)24-13-2-1-3-14-24/h4-10,15H,1-3,11-14H2,(H,23,25). The topological polar surface area (TPSA) is 66.5 Å². The van der Waals surface area contributed by atoms with E-state index in [1.165, 1.54) is 0 Å². The van der Waals surface area contributed by atoms with Crippen LogP contribution < -0.4 is 5.32 Å². The van der Waals surface area contributed by atoms with Crippen LogP contribution in [0.15, 0.2) is 57.9 Å². The van der Waals surface area contributed by atoms with Gasteiger partial charge in [-0.05, 0) is 67.6 Å². The van der Waals surface area contributed by atoms with E-state index in [0.717, 1.165) is 42.1 Å². The number of sulfonamides is 1. The monoisotopic (exact) mass is 462 g/mol. The number of anilines is 1. The van der Waals surface area contributed by atoms with Crippen molar-refractivity contribution in [3.8, 4) is 0 Å². The van der Waals surface area contributed by atoms with Crippen molar-refractivity contribution in [3.63, 3.8) is 0 Å². The van der Waals surface area contributed by atoms with E-state index in [9.17, 15) is 13.2 Å². The van der Waals surface area contributed by atoms with Gasteiger partial charge in [0.2, 0.25) is 15.9 Å². The zero-order chi connectivity index (χ0) is 19.8. The molecule has 148 valence electrons. The summed E-state index contributed by atoms with van der Waals surface area (Å²) < 4.78 is 28.0. The molecule has 0 unspecified atom stereocenters. The van der Waals surface area contributed by atoms with Crippen LogP contribution in [0.4, 0.5) is 5.69 Å². The number of hydrogen-bond donors (Lipinski definition) is 1. The molecule has 1 heterocycles. The minimum atomic E-state index is -3.46. The van der Waals surface area contributed by atoms with Crippen molar-refractivity contribution in [2.45, 2.75) is 42.4 Å².